The number of nitrogens with one attached hydrogen (secondary N) is 1. The topological polar surface area (TPSA) is 77.6 Å². The molecule has 7 nitrogen and oxygen atoms in total. The van der Waals surface area contributed by atoms with Gasteiger partial charge in [0.25, 0.3) is 0 Å². The highest BCUT2D eigenvalue weighted by molar-refractivity contribution is 5.76. The van der Waals surface area contributed by atoms with E-state index in [0.29, 0.717) is 13.0 Å². The largest absolute Gasteiger partial charge is 0.352 e. The van der Waals surface area contributed by atoms with E-state index in [0.717, 1.165) is 29.7 Å². The van der Waals surface area contributed by atoms with Gasteiger partial charge in [-0.05, 0) is 25.5 Å². The van der Waals surface area contributed by atoms with E-state index in [4.69, 9.17) is 0 Å². The maximum absolute atomic E-state index is 12.0. The van der Waals surface area contributed by atoms with Crippen LogP contribution in [0.2, 0.25) is 0 Å². The Balaban J connectivity index is 1.46. The summed E-state index contributed by atoms with van der Waals surface area (Å²) in [5, 5.41) is 7.03. The van der Waals surface area contributed by atoms with Crippen LogP contribution in [-0.4, -0.2) is 36.3 Å². The van der Waals surface area contributed by atoms with Gasteiger partial charge in [-0.3, -0.25) is 9.48 Å². The molecule has 0 fully saturated rings. The summed E-state index contributed by atoms with van der Waals surface area (Å²) in [6, 6.07) is 8.10. The molecule has 3 rings (SSSR count). The number of amides is 1. The minimum Gasteiger partial charge on any atom is -0.352 e. The number of imidazole rings is 1. The quantitative estimate of drug-likeness (QED) is 0.717. The predicted octanol–water partition coefficient (Wildman–Crippen LogP) is 1.69. The maximum atomic E-state index is 12.0. The van der Waals surface area contributed by atoms with Crippen LogP contribution in [0.5, 0.6) is 0 Å². The minimum absolute atomic E-state index is 0.0231. The number of aryl methyl sites for hydroxylation is 2. The lowest BCUT2D eigenvalue weighted by Gasteiger charge is -2.13. The Morgan fingerprint density at radius 3 is 2.92 bits per heavy atom. The molecule has 126 valence electrons. The van der Waals surface area contributed by atoms with Gasteiger partial charge in [-0.15, -0.1) is 0 Å². The summed E-state index contributed by atoms with van der Waals surface area (Å²) in [6.07, 6.45) is 5.19. The molecular weight excluding hydrogens is 304 g/mol. The molecule has 0 spiro atoms. The molecule has 0 radical (unpaired) electrons. The number of hydrogen-bond acceptors (Lipinski definition) is 4. The molecule has 0 saturated heterocycles. The Kier molecular flexibility index (Phi) is 4.88. The number of para-hydroxylation sites is 2. The lowest BCUT2D eigenvalue weighted by atomic mass is 10.2. The van der Waals surface area contributed by atoms with Crippen molar-refractivity contribution in [2.24, 2.45) is 7.05 Å². The average molecular weight is 326 g/mol. The van der Waals surface area contributed by atoms with E-state index in [1.54, 1.807) is 11.0 Å². The first-order valence-electron chi connectivity index (χ1n) is 8.15. The number of rotatable bonds is 7. The molecule has 2 aromatic heterocycles. The number of carbonyl (C=O) groups excluding carboxylic acids is 1. The van der Waals surface area contributed by atoms with E-state index in [2.05, 4.69) is 31.0 Å². The van der Waals surface area contributed by atoms with Crippen molar-refractivity contribution in [1.82, 2.24) is 29.6 Å². The lowest BCUT2D eigenvalue weighted by Crippen LogP contribution is -2.35. The summed E-state index contributed by atoms with van der Waals surface area (Å²) in [5.74, 6) is 1.07. The zero-order valence-corrected chi connectivity index (χ0v) is 14.0. The lowest BCUT2D eigenvalue weighted by molar-refractivity contribution is -0.121. The van der Waals surface area contributed by atoms with Crippen LogP contribution in [0.4, 0.5) is 0 Å². The Hall–Kier alpha value is -2.70. The molecule has 0 aliphatic rings. The van der Waals surface area contributed by atoms with Gasteiger partial charge in [-0.25, -0.2) is 9.97 Å². The smallest absolute Gasteiger partial charge is 0.220 e. The first kappa shape index (κ1) is 16.2. The fourth-order valence-corrected chi connectivity index (χ4v) is 2.83. The first-order valence-corrected chi connectivity index (χ1v) is 8.15. The van der Waals surface area contributed by atoms with Crippen LogP contribution in [0, 0.1) is 0 Å². The molecule has 0 saturated carbocycles. The van der Waals surface area contributed by atoms with E-state index in [1.165, 1.54) is 6.33 Å². The normalized spacial score (nSPS) is 12.4. The maximum Gasteiger partial charge on any atom is 0.220 e. The summed E-state index contributed by atoms with van der Waals surface area (Å²) >= 11 is 0. The van der Waals surface area contributed by atoms with Gasteiger partial charge in [-0.1, -0.05) is 12.1 Å². The molecule has 1 unspecified atom stereocenters. The second-order valence-corrected chi connectivity index (χ2v) is 6.02. The van der Waals surface area contributed by atoms with Gasteiger partial charge in [-0.2, -0.15) is 5.10 Å². The van der Waals surface area contributed by atoms with Crippen molar-refractivity contribution in [2.45, 2.75) is 38.8 Å². The molecular formula is C17H22N6O. The van der Waals surface area contributed by atoms with Crippen molar-refractivity contribution in [3.8, 4) is 0 Å². The van der Waals surface area contributed by atoms with Crippen LogP contribution in [0.3, 0.4) is 0 Å². The summed E-state index contributed by atoms with van der Waals surface area (Å²) in [5.41, 5.74) is 2.12. The van der Waals surface area contributed by atoms with Crippen molar-refractivity contribution < 1.29 is 4.79 Å². The summed E-state index contributed by atoms with van der Waals surface area (Å²) in [7, 11) is 2.02. The van der Waals surface area contributed by atoms with Crippen LogP contribution < -0.4 is 5.32 Å². The van der Waals surface area contributed by atoms with Crippen molar-refractivity contribution >= 4 is 16.9 Å². The number of hydrogen-bond donors (Lipinski definition) is 1. The average Bonchev–Trinajstić information content (AvgIpc) is 3.16. The van der Waals surface area contributed by atoms with E-state index in [9.17, 15) is 4.79 Å². The molecule has 24 heavy (non-hydrogen) atoms. The highest BCUT2D eigenvalue weighted by Crippen LogP contribution is 2.15. The van der Waals surface area contributed by atoms with Crippen LogP contribution >= 0.6 is 0 Å². The van der Waals surface area contributed by atoms with E-state index in [-0.39, 0.29) is 11.9 Å². The van der Waals surface area contributed by atoms with Gasteiger partial charge >= 0.3 is 0 Å². The van der Waals surface area contributed by atoms with E-state index < -0.39 is 0 Å². The molecule has 1 N–H and O–H groups in total. The van der Waals surface area contributed by atoms with Gasteiger partial charge in [0.15, 0.2) is 0 Å². The van der Waals surface area contributed by atoms with Gasteiger partial charge in [0.05, 0.1) is 17.6 Å². The van der Waals surface area contributed by atoms with Gasteiger partial charge < -0.3 is 9.88 Å². The number of nitrogens with zero attached hydrogens (tertiary/aromatic N) is 5. The fraction of sp³-hybridized carbons (Fsp3) is 0.412. The van der Waals surface area contributed by atoms with E-state index >= 15 is 0 Å². The van der Waals surface area contributed by atoms with Gasteiger partial charge in [0.1, 0.15) is 18.5 Å². The van der Waals surface area contributed by atoms with Crippen molar-refractivity contribution in [3.05, 3.63) is 42.7 Å². The highest BCUT2D eigenvalue weighted by Gasteiger charge is 2.10. The molecule has 1 aromatic carbocycles. The van der Waals surface area contributed by atoms with Crippen LogP contribution in [0.15, 0.2) is 36.9 Å². The number of benzene rings is 1. The van der Waals surface area contributed by atoms with Gasteiger partial charge in [0.2, 0.25) is 5.91 Å². The van der Waals surface area contributed by atoms with Gasteiger partial charge in [0, 0.05) is 25.9 Å². The summed E-state index contributed by atoms with van der Waals surface area (Å²) < 4.78 is 3.81. The third-order valence-corrected chi connectivity index (χ3v) is 4.02. The first-order chi connectivity index (χ1) is 11.6. The predicted molar refractivity (Wildman–Crippen MR) is 91.3 cm³/mol. The standard InChI is InChI=1S/C17H22N6O/c1-13(10-23-12-18-11-19-23)20-17(24)9-5-8-16-21-14-6-3-4-7-15(14)22(16)2/h3-4,6-7,11-13H,5,8-10H2,1-2H3,(H,20,24). The van der Waals surface area contributed by atoms with Crippen molar-refractivity contribution in [2.75, 3.05) is 0 Å². The Bertz CT molecular complexity index is 808. The molecule has 7 heteroatoms. The third-order valence-electron chi connectivity index (χ3n) is 4.02. The second-order valence-electron chi connectivity index (χ2n) is 6.02. The third kappa shape index (κ3) is 3.79. The van der Waals surface area contributed by atoms with Crippen LogP contribution in [0.25, 0.3) is 11.0 Å². The zero-order chi connectivity index (χ0) is 16.9. The summed E-state index contributed by atoms with van der Waals surface area (Å²) in [6.45, 7) is 2.58. The molecule has 2 heterocycles. The Labute approximate surface area is 140 Å². The Morgan fingerprint density at radius 1 is 1.33 bits per heavy atom. The molecule has 3 aromatic rings. The number of fused-ring (bicyclic) bond motifs is 1. The molecule has 1 atom stereocenters. The monoisotopic (exact) mass is 326 g/mol. The number of carbonyl (C=O) groups is 1. The fourth-order valence-electron chi connectivity index (χ4n) is 2.83. The second kappa shape index (κ2) is 7.25. The molecule has 0 aliphatic heterocycles. The molecule has 0 bridgehead atoms. The molecule has 0 aliphatic carbocycles. The molecule has 1 amide bonds. The number of aromatic nitrogens is 5. The Morgan fingerprint density at radius 2 is 2.17 bits per heavy atom. The zero-order valence-electron chi connectivity index (χ0n) is 14.0. The van der Waals surface area contributed by atoms with E-state index in [1.807, 2.05) is 32.2 Å². The summed E-state index contributed by atoms with van der Waals surface area (Å²) in [4.78, 5) is 20.6. The SMILES string of the molecule is CC(Cn1cncn1)NC(=O)CCCc1nc2ccccc2n1C. The highest BCUT2D eigenvalue weighted by atomic mass is 16.1. The van der Waals surface area contributed by atoms with Crippen molar-refractivity contribution in [3.63, 3.8) is 0 Å². The van der Waals surface area contributed by atoms with Crippen molar-refractivity contribution in [1.29, 1.82) is 0 Å². The van der Waals surface area contributed by atoms with Crippen LogP contribution in [-0.2, 0) is 24.8 Å². The van der Waals surface area contributed by atoms with Crippen LogP contribution in [0.1, 0.15) is 25.6 Å². The minimum atomic E-state index is 0.0231.